The number of sulfonamides is 1. The molecule has 0 aliphatic carbocycles. The third kappa shape index (κ3) is 3.58. The van der Waals surface area contributed by atoms with Crippen LogP contribution in [-0.2, 0) is 10.0 Å². The van der Waals surface area contributed by atoms with Crippen LogP contribution in [-0.4, -0.2) is 61.5 Å². The molecule has 0 spiro atoms. The van der Waals surface area contributed by atoms with Gasteiger partial charge in [0.1, 0.15) is 0 Å². The maximum absolute atomic E-state index is 11.9. The zero-order valence-electron chi connectivity index (χ0n) is 10.0. The monoisotopic (exact) mass is 268 g/mol. The number of rotatable bonds is 5. The van der Waals surface area contributed by atoms with Gasteiger partial charge in [0.15, 0.2) is 0 Å². The molecule has 0 amide bonds. The first kappa shape index (κ1) is 14.2. The molecule has 0 saturated carbocycles. The number of halogens is 1. The quantitative estimate of drug-likeness (QED) is 0.698. The second kappa shape index (κ2) is 6.19. The Labute approximate surface area is 104 Å². The Morgan fingerprint density at radius 2 is 2.06 bits per heavy atom. The van der Waals surface area contributed by atoms with Crippen molar-refractivity contribution < 1.29 is 8.42 Å². The molecule has 0 bridgehead atoms. The molecule has 0 aromatic heterocycles. The van der Waals surface area contributed by atoms with Crippen molar-refractivity contribution in [2.75, 3.05) is 37.8 Å². The van der Waals surface area contributed by atoms with Crippen molar-refractivity contribution in [2.24, 2.45) is 0 Å². The van der Waals surface area contributed by atoms with Gasteiger partial charge in [0, 0.05) is 31.6 Å². The third-order valence-corrected chi connectivity index (χ3v) is 5.25. The molecule has 0 N–H and O–H groups in total. The highest BCUT2D eigenvalue weighted by Gasteiger charge is 2.29. The van der Waals surface area contributed by atoms with Crippen LogP contribution < -0.4 is 0 Å². The number of hydrogen-bond acceptors (Lipinski definition) is 3. The van der Waals surface area contributed by atoms with Gasteiger partial charge in [-0.2, -0.15) is 4.31 Å². The van der Waals surface area contributed by atoms with Gasteiger partial charge in [0.05, 0.1) is 5.75 Å². The van der Waals surface area contributed by atoms with Gasteiger partial charge in [-0.3, -0.25) is 4.90 Å². The largest absolute Gasteiger partial charge is 0.298 e. The fourth-order valence-electron chi connectivity index (χ4n) is 2.05. The van der Waals surface area contributed by atoms with E-state index in [-0.39, 0.29) is 5.75 Å². The van der Waals surface area contributed by atoms with Gasteiger partial charge < -0.3 is 0 Å². The highest BCUT2D eigenvalue weighted by atomic mass is 35.5. The van der Waals surface area contributed by atoms with Crippen molar-refractivity contribution in [3.63, 3.8) is 0 Å². The lowest BCUT2D eigenvalue weighted by Gasteiger charge is -2.38. The van der Waals surface area contributed by atoms with Crippen LogP contribution in [0.4, 0.5) is 0 Å². The summed E-state index contributed by atoms with van der Waals surface area (Å²) in [6.07, 6.45) is 0.534. The third-order valence-electron chi connectivity index (χ3n) is 3.06. The fourth-order valence-corrected chi connectivity index (χ4v) is 3.91. The Bertz CT molecular complexity index is 308. The molecule has 1 aliphatic heterocycles. The van der Waals surface area contributed by atoms with Gasteiger partial charge in [0.2, 0.25) is 10.0 Å². The number of hydrogen-bond donors (Lipinski definition) is 0. The lowest BCUT2D eigenvalue weighted by Crippen LogP contribution is -2.53. The first-order chi connectivity index (χ1) is 7.51. The lowest BCUT2D eigenvalue weighted by molar-refractivity contribution is 0.135. The summed E-state index contributed by atoms with van der Waals surface area (Å²) >= 11 is 5.53. The molecule has 0 radical (unpaired) electrons. The molecule has 0 aromatic carbocycles. The second-order valence-corrected chi connectivity index (χ2v) is 6.66. The Morgan fingerprint density at radius 1 is 1.38 bits per heavy atom. The molecule has 1 fully saturated rings. The van der Waals surface area contributed by atoms with Crippen LogP contribution in [0, 0.1) is 0 Å². The molecule has 1 saturated heterocycles. The number of nitrogens with zero attached hydrogens (tertiary/aromatic N) is 2. The minimum absolute atomic E-state index is 0.176. The van der Waals surface area contributed by atoms with Crippen LogP contribution in [0.3, 0.4) is 0 Å². The van der Waals surface area contributed by atoms with Crippen LogP contribution >= 0.6 is 11.6 Å². The first-order valence-electron chi connectivity index (χ1n) is 5.79. The van der Waals surface area contributed by atoms with Crippen molar-refractivity contribution in [1.82, 2.24) is 9.21 Å². The van der Waals surface area contributed by atoms with E-state index in [0.717, 1.165) is 13.1 Å². The van der Waals surface area contributed by atoms with E-state index in [1.807, 2.05) is 0 Å². The predicted octanol–water partition coefficient (Wildman–Crippen LogP) is 0.971. The summed E-state index contributed by atoms with van der Waals surface area (Å²) in [7, 11) is -3.09. The minimum Gasteiger partial charge on any atom is -0.298 e. The summed E-state index contributed by atoms with van der Waals surface area (Å²) < 4.78 is 25.5. The van der Waals surface area contributed by atoms with Crippen LogP contribution in [0.25, 0.3) is 0 Å². The van der Waals surface area contributed by atoms with Gasteiger partial charge in [-0.25, -0.2) is 8.42 Å². The van der Waals surface area contributed by atoms with Crippen molar-refractivity contribution in [1.29, 1.82) is 0 Å². The number of likely N-dealkylation sites (N-methyl/N-ethyl adjacent to an activating group) is 1. The molecule has 4 nitrogen and oxygen atoms in total. The SMILES string of the molecule is CCN1CCN(S(=O)(=O)CCCCl)CC1C. The van der Waals surface area contributed by atoms with Crippen LogP contribution in [0.1, 0.15) is 20.3 Å². The summed E-state index contributed by atoms with van der Waals surface area (Å²) in [5.74, 6) is 0.582. The van der Waals surface area contributed by atoms with E-state index in [2.05, 4.69) is 18.7 Å². The molecule has 0 aromatic rings. The molecular formula is C10H21ClN2O2S. The summed E-state index contributed by atoms with van der Waals surface area (Å²) in [5, 5.41) is 0. The summed E-state index contributed by atoms with van der Waals surface area (Å²) in [6.45, 7) is 7.22. The molecule has 1 rings (SSSR count). The second-order valence-electron chi connectivity index (χ2n) is 4.19. The smallest absolute Gasteiger partial charge is 0.214 e. The van der Waals surface area contributed by atoms with E-state index < -0.39 is 10.0 Å². The van der Waals surface area contributed by atoms with E-state index in [4.69, 9.17) is 11.6 Å². The Kier molecular flexibility index (Phi) is 5.50. The standard InChI is InChI=1S/C10H21ClN2O2S/c1-3-12-6-7-13(9-10(12)2)16(14,15)8-4-5-11/h10H,3-9H2,1-2H3. The molecule has 1 heterocycles. The average molecular weight is 269 g/mol. The average Bonchev–Trinajstić information content (AvgIpc) is 2.26. The van der Waals surface area contributed by atoms with Crippen molar-refractivity contribution in [3.05, 3.63) is 0 Å². The molecular weight excluding hydrogens is 248 g/mol. The van der Waals surface area contributed by atoms with Gasteiger partial charge in [-0.15, -0.1) is 11.6 Å². The highest BCUT2D eigenvalue weighted by Crippen LogP contribution is 2.13. The van der Waals surface area contributed by atoms with Gasteiger partial charge in [-0.1, -0.05) is 6.92 Å². The van der Waals surface area contributed by atoms with Gasteiger partial charge >= 0.3 is 0 Å². The summed E-state index contributed by atoms with van der Waals surface area (Å²) in [5.41, 5.74) is 0. The maximum Gasteiger partial charge on any atom is 0.214 e. The lowest BCUT2D eigenvalue weighted by atomic mass is 10.2. The first-order valence-corrected chi connectivity index (χ1v) is 7.93. The van der Waals surface area contributed by atoms with E-state index >= 15 is 0 Å². The molecule has 6 heteroatoms. The maximum atomic E-state index is 11.9. The highest BCUT2D eigenvalue weighted by molar-refractivity contribution is 7.89. The van der Waals surface area contributed by atoms with Gasteiger partial charge in [-0.05, 0) is 19.9 Å². The fraction of sp³-hybridized carbons (Fsp3) is 1.00. The van der Waals surface area contributed by atoms with Crippen LogP contribution in [0.5, 0.6) is 0 Å². The number of alkyl halides is 1. The molecule has 96 valence electrons. The topological polar surface area (TPSA) is 40.6 Å². The van der Waals surface area contributed by atoms with Crippen molar-refractivity contribution in [2.45, 2.75) is 26.3 Å². The Balaban J connectivity index is 2.56. The van der Waals surface area contributed by atoms with Crippen LogP contribution in [0.15, 0.2) is 0 Å². The minimum atomic E-state index is -3.09. The van der Waals surface area contributed by atoms with E-state index in [0.29, 0.717) is 31.4 Å². The number of piperazine rings is 1. The molecule has 1 aliphatic rings. The Hall–Kier alpha value is 0.160. The normalized spacial score (nSPS) is 24.8. The molecule has 1 unspecified atom stereocenters. The molecule has 16 heavy (non-hydrogen) atoms. The van der Waals surface area contributed by atoms with Crippen LogP contribution in [0.2, 0.25) is 0 Å². The molecule has 1 atom stereocenters. The Morgan fingerprint density at radius 3 is 2.56 bits per heavy atom. The van der Waals surface area contributed by atoms with E-state index in [9.17, 15) is 8.42 Å². The van der Waals surface area contributed by atoms with E-state index in [1.165, 1.54) is 0 Å². The predicted molar refractivity (Wildman–Crippen MR) is 67.4 cm³/mol. The zero-order chi connectivity index (χ0) is 12.2. The zero-order valence-corrected chi connectivity index (χ0v) is 11.6. The summed E-state index contributed by atoms with van der Waals surface area (Å²) in [6, 6.07) is 0.310. The van der Waals surface area contributed by atoms with Crippen molar-refractivity contribution >= 4 is 21.6 Å². The summed E-state index contributed by atoms with van der Waals surface area (Å²) in [4.78, 5) is 2.30. The van der Waals surface area contributed by atoms with E-state index in [1.54, 1.807) is 4.31 Å². The van der Waals surface area contributed by atoms with Crippen molar-refractivity contribution in [3.8, 4) is 0 Å². The van der Waals surface area contributed by atoms with Gasteiger partial charge in [0.25, 0.3) is 0 Å².